The molecule has 1 heterocycles. The van der Waals surface area contributed by atoms with Gasteiger partial charge in [-0.1, -0.05) is 6.58 Å². The summed E-state index contributed by atoms with van der Waals surface area (Å²) >= 11 is 0. The maximum Gasteiger partial charge on any atom is 0.243 e. The van der Waals surface area contributed by atoms with Crippen molar-refractivity contribution in [2.45, 2.75) is 18.5 Å². The molecule has 0 spiro atoms. The Balaban J connectivity index is 2.38. The number of carbonyl (C=O) groups is 1. The molecule has 4 nitrogen and oxygen atoms in total. The molecule has 0 saturated carbocycles. The zero-order valence-corrected chi connectivity index (χ0v) is 6.95. The second kappa shape index (κ2) is 4.23. The third kappa shape index (κ3) is 2.32. The van der Waals surface area contributed by atoms with Crippen LogP contribution in [0.1, 0.15) is 6.42 Å². The summed E-state index contributed by atoms with van der Waals surface area (Å²) in [6, 6.07) is -0.0631. The zero-order chi connectivity index (χ0) is 8.97. The van der Waals surface area contributed by atoms with Crippen molar-refractivity contribution in [1.82, 2.24) is 5.32 Å². The van der Waals surface area contributed by atoms with Crippen LogP contribution in [0.3, 0.4) is 0 Å². The average Bonchev–Trinajstić information content (AvgIpc) is 2.09. The first-order chi connectivity index (χ1) is 5.74. The van der Waals surface area contributed by atoms with Crippen molar-refractivity contribution < 1.29 is 9.53 Å². The van der Waals surface area contributed by atoms with Crippen molar-refractivity contribution in [3.05, 3.63) is 12.7 Å². The van der Waals surface area contributed by atoms with E-state index in [1.165, 1.54) is 6.08 Å². The van der Waals surface area contributed by atoms with Crippen LogP contribution in [0.15, 0.2) is 12.7 Å². The van der Waals surface area contributed by atoms with E-state index in [0.717, 1.165) is 6.42 Å². The minimum Gasteiger partial charge on any atom is -0.380 e. The van der Waals surface area contributed by atoms with E-state index >= 15 is 0 Å². The Morgan fingerprint density at radius 1 is 1.75 bits per heavy atom. The van der Waals surface area contributed by atoms with Gasteiger partial charge in [-0.05, 0) is 12.5 Å². The summed E-state index contributed by atoms with van der Waals surface area (Å²) < 4.78 is 5.13. The largest absolute Gasteiger partial charge is 0.380 e. The normalized spacial score (nSPS) is 29.4. The quantitative estimate of drug-likeness (QED) is 0.544. The SMILES string of the molecule is C=CC(=O)N[C@H]1CCOC[C@H]1N. The summed E-state index contributed by atoms with van der Waals surface area (Å²) in [6.45, 7) is 4.55. The van der Waals surface area contributed by atoms with Crippen molar-refractivity contribution in [1.29, 1.82) is 0 Å². The van der Waals surface area contributed by atoms with E-state index in [-0.39, 0.29) is 18.0 Å². The molecule has 0 aromatic carbocycles. The molecule has 1 saturated heterocycles. The number of nitrogens with one attached hydrogen (secondary N) is 1. The fourth-order valence-electron chi connectivity index (χ4n) is 1.18. The Morgan fingerprint density at radius 2 is 2.50 bits per heavy atom. The van der Waals surface area contributed by atoms with Gasteiger partial charge in [-0.3, -0.25) is 4.79 Å². The number of hydrogen-bond acceptors (Lipinski definition) is 3. The Hall–Kier alpha value is -0.870. The maximum absolute atomic E-state index is 10.9. The van der Waals surface area contributed by atoms with E-state index < -0.39 is 0 Å². The highest BCUT2D eigenvalue weighted by Gasteiger charge is 2.22. The molecule has 1 rings (SSSR count). The first-order valence-corrected chi connectivity index (χ1v) is 4.00. The number of hydrogen-bond donors (Lipinski definition) is 2. The van der Waals surface area contributed by atoms with Gasteiger partial charge in [0.05, 0.1) is 6.61 Å². The highest BCUT2D eigenvalue weighted by Crippen LogP contribution is 2.05. The van der Waals surface area contributed by atoms with Crippen molar-refractivity contribution in [3.8, 4) is 0 Å². The molecule has 0 radical (unpaired) electrons. The number of amides is 1. The smallest absolute Gasteiger partial charge is 0.243 e. The van der Waals surface area contributed by atoms with Crippen molar-refractivity contribution in [2.75, 3.05) is 13.2 Å². The molecule has 1 fully saturated rings. The molecule has 0 bridgehead atoms. The Kier molecular flexibility index (Phi) is 3.25. The van der Waals surface area contributed by atoms with Crippen molar-refractivity contribution in [2.24, 2.45) is 5.73 Å². The molecule has 1 aliphatic heterocycles. The predicted octanol–water partition coefficient (Wildman–Crippen LogP) is -0.595. The van der Waals surface area contributed by atoms with Crippen LogP contribution in [0.25, 0.3) is 0 Å². The minimum absolute atomic E-state index is 0.0317. The minimum atomic E-state index is -0.169. The van der Waals surface area contributed by atoms with Crippen LogP contribution in [-0.4, -0.2) is 31.2 Å². The third-order valence-corrected chi connectivity index (χ3v) is 1.91. The highest BCUT2D eigenvalue weighted by atomic mass is 16.5. The van der Waals surface area contributed by atoms with Crippen molar-refractivity contribution >= 4 is 5.91 Å². The highest BCUT2D eigenvalue weighted by molar-refractivity contribution is 5.87. The molecular formula is C8H14N2O2. The summed E-state index contributed by atoms with van der Waals surface area (Å²) in [5.41, 5.74) is 5.71. The monoisotopic (exact) mass is 170 g/mol. The van der Waals surface area contributed by atoms with Crippen LogP contribution in [0.5, 0.6) is 0 Å². The molecule has 0 aromatic rings. The van der Waals surface area contributed by atoms with Crippen LogP contribution in [-0.2, 0) is 9.53 Å². The Morgan fingerprint density at radius 3 is 3.08 bits per heavy atom. The molecule has 12 heavy (non-hydrogen) atoms. The van der Waals surface area contributed by atoms with Gasteiger partial charge in [0.25, 0.3) is 0 Å². The number of rotatable bonds is 2. The second-order valence-corrected chi connectivity index (χ2v) is 2.85. The average molecular weight is 170 g/mol. The van der Waals surface area contributed by atoms with Gasteiger partial charge >= 0.3 is 0 Å². The fourth-order valence-corrected chi connectivity index (χ4v) is 1.18. The molecule has 2 atom stereocenters. The molecule has 4 heteroatoms. The standard InChI is InChI=1S/C8H14N2O2/c1-2-8(11)10-7-3-4-12-5-6(7)9/h2,6-7H,1,3-5,9H2,(H,10,11)/t6-,7+/m1/s1. The lowest BCUT2D eigenvalue weighted by Gasteiger charge is -2.28. The predicted molar refractivity (Wildman–Crippen MR) is 45.5 cm³/mol. The Labute approximate surface area is 71.8 Å². The summed E-state index contributed by atoms with van der Waals surface area (Å²) in [5, 5.41) is 2.76. The molecule has 68 valence electrons. The van der Waals surface area contributed by atoms with Gasteiger partial charge in [0, 0.05) is 18.7 Å². The van der Waals surface area contributed by atoms with Crippen LogP contribution in [0.2, 0.25) is 0 Å². The number of carbonyl (C=O) groups excluding carboxylic acids is 1. The lowest BCUT2D eigenvalue weighted by molar-refractivity contribution is -0.117. The van der Waals surface area contributed by atoms with E-state index in [4.69, 9.17) is 10.5 Å². The second-order valence-electron chi connectivity index (χ2n) is 2.85. The summed E-state index contributed by atoms with van der Waals surface area (Å²) in [6.07, 6.45) is 2.03. The van der Waals surface area contributed by atoms with E-state index in [2.05, 4.69) is 11.9 Å². The number of nitrogens with two attached hydrogens (primary N) is 1. The van der Waals surface area contributed by atoms with Crippen LogP contribution in [0.4, 0.5) is 0 Å². The molecule has 1 aliphatic rings. The molecular weight excluding hydrogens is 156 g/mol. The lowest BCUT2D eigenvalue weighted by Crippen LogP contribution is -2.52. The van der Waals surface area contributed by atoms with E-state index in [9.17, 15) is 4.79 Å². The summed E-state index contributed by atoms with van der Waals surface area (Å²) in [4.78, 5) is 10.9. The molecule has 0 unspecified atom stereocenters. The Bertz CT molecular complexity index is 182. The van der Waals surface area contributed by atoms with Crippen LogP contribution >= 0.6 is 0 Å². The van der Waals surface area contributed by atoms with E-state index in [0.29, 0.717) is 13.2 Å². The molecule has 1 amide bonds. The summed E-state index contributed by atoms with van der Waals surface area (Å²) in [5.74, 6) is -0.169. The fraction of sp³-hybridized carbons (Fsp3) is 0.625. The van der Waals surface area contributed by atoms with Gasteiger partial charge in [0.1, 0.15) is 0 Å². The van der Waals surface area contributed by atoms with Gasteiger partial charge in [-0.15, -0.1) is 0 Å². The molecule has 0 aromatic heterocycles. The third-order valence-electron chi connectivity index (χ3n) is 1.91. The zero-order valence-electron chi connectivity index (χ0n) is 6.95. The van der Waals surface area contributed by atoms with Gasteiger partial charge in [-0.25, -0.2) is 0 Å². The molecule has 0 aliphatic carbocycles. The van der Waals surface area contributed by atoms with Gasteiger partial charge < -0.3 is 15.8 Å². The van der Waals surface area contributed by atoms with Gasteiger partial charge in [-0.2, -0.15) is 0 Å². The molecule has 3 N–H and O–H groups in total. The van der Waals surface area contributed by atoms with Crippen molar-refractivity contribution in [3.63, 3.8) is 0 Å². The topological polar surface area (TPSA) is 64.3 Å². The van der Waals surface area contributed by atoms with E-state index in [1.807, 2.05) is 0 Å². The number of ether oxygens (including phenoxy) is 1. The van der Waals surface area contributed by atoms with Gasteiger partial charge in [0.15, 0.2) is 0 Å². The van der Waals surface area contributed by atoms with Gasteiger partial charge in [0.2, 0.25) is 5.91 Å². The van der Waals surface area contributed by atoms with Crippen LogP contribution < -0.4 is 11.1 Å². The van der Waals surface area contributed by atoms with E-state index in [1.54, 1.807) is 0 Å². The summed E-state index contributed by atoms with van der Waals surface area (Å²) in [7, 11) is 0. The lowest BCUT2D eigenvalue weighted by atomic mass is 10.0. The maximum atomic E-state index is 10.9. The van der Waals surface area contributed by atoms with Crippen LogP contribution in [0, 0.1) is 0 Å². The first kappa shape index (κ1) is 9.22. The first-order valence-electron chi connectivity index (χ1n) is 4.00.